The van der Waals surface area contributed by atoms with Crippen LogP contribution in [0.3, 0.4) is 0 Å². The van der Waals surface area contributed by atoms with E-state index in [1.807, 2.05) is 25.1 Å². The Morgan fingerprint density at radius 1 is 1.50 bits per heavy atom. The van der Waals surface area contributed by atoms with Gasteiger partial charge in [-0.15, -0.1) is 0 Å². The fourth-order valence-electron chi connectivity index (χ4n) is 1.41. The number of aliphatic hydroxyl groups excluding tert-OH is 1. The van der Waals surface area contributed by atoms with Crippen molar-refractivity contribution in [2.24, 2.45) is 0 Å². The van der Waals surface area contributed by atoms with Gasteiger partial charge in [-0.2, -0.15) is 0 Å². The average molecular weight is 220 g/mol. The van der Waals surface area contributed by atoms with Gasteiger partial charge in [-0.1, -0.05) is 25.1 Å². The molecule has 2 nitrogen and oxygen atoms in total. The van der Waals surface area contributed by atoms with Crippen molar-refractivity contribution in [3.8, 4) is 5.75 Å². The smallest absolute Gasteiger partial charge is 0.125 e. The van der Waals surface area contributed by atoms with Gasteiger partial charge in [0.25, 0.3) is 0 Å². The van der Waals surface area contributed by atoms with Crippen molar-refractivity contribution >= 4 is 0 Å². The number of hydrogen-bond acceptors (Lipinski definition) is 2. The summed E-state index contributed by atoms with van der Waals surface area (Å²) >= 11 is 0. The summed E-state index contributed by atoms with van der Waals surface area (Å²) in [5, 5.41) is 9.65. The highest BCUT2D eigenvalue weighted by atomic mass is 16.5. The molecule has 88 valence electrons. The summed E-state index contributed by atoms with van der Waals surface area (Å²) in [4.78, 5) is 0. The first-order valence-corrected chi connectivity index (χ1v) is 5.62. The molecule has 0 amide bonds. The molecule has 0 saturated heterocycles. The Morgan fingerprint density at radius 3 is 2.75 bits per heavy atom. The van der Waals surface area contributed by atoms with Crippen LogP contribution in [0.15, 0.2) is 30.4 Å². The lowest BCUT2D eigenvalue weighted by Gasteiger charge is -2.14. The first kappa shape index (κ1) is 12.8. The highest BCUT2D eigenvalue weighted by molar-refractivity contribution is 5.38. The Balaban J connectivity index is 2.82. The molecule has 0 aliphatic heterocycles. The Hall–Kier alpha value is -1.28. The largest absolute Gasteiger partial charge is 0.489 e. The minimum absolute atomic E-state index is 0.509. The lowest BCUT2D eigenvalue weighted by atomic mass is 10.1. The quantitative estimate of drug-likeness (QED) is 0.771. The van der Waals surface area contributed by atoms with Crippen LogP contribution in [0.4, 0.5) is 0 Å². The molecule has 0 aromatic heterocycles. The summed E-state index contributed by atoms with van der Waals surface area (Å²) in [5.74, 6) is 0.746. The van der Waals surface area contributed by atoms with Gasteiger partial charge in [-0.3, -0.25) is 0 Å². The van der Waals surface area contributed by atoms with Crippen molar-refractivity contribution in [2.45, 2.75) is 33.3 Å². The molecule has 0 radical (unpaired) electrons. The van der Waals surface area contributed by atoms with Crippen molar-refractivity contribution in [1.82, 2.24) is 0 Å². The Morgan fingerprint density at radius 2 is 2.19 bits per heavy atom. The van der Waals surface area contributed by atoms with Gasteiger partial charge in [-0.05, 0) is 38.0 Å². The molecule has 1 N–H and O–H groups in total. The standard InChI is InChI=1S/C14H20O2/c1-5-10(2)9-16-14-7-6-11(3)8-13(14)12(4)15/h6-8,12,15H,2,5,9H2,1,3-4H3. The van der Waals surface area contributed by atoms with Gasteiger partial charge in [0.05, 0.1) is 6.10 Å². The maximum Gasteiger partial charge on any atom is 0.125 e. The zero-order valence-electron chi connectivity index (χ0n) is 10.3. The van der Waals surface area contributed by atoms with E-state index in [-0.39, 0.29) is 0 Å². The van der Waals surface area contributed by atoms with E-state index >= 15 is 0 Å². The number of ether oxygens (including phenoxy) is 1. The lowest BCUT2D eigenvalue weighted by molar-refractivity contribution is 0.192. The Kier molecular flexibility index (Phi) is 4.56. The molecular weight excluding hydrogens is 200 g/mol. The van der Waals surface area contributed by atoms with Gasteiger partial charge in [0, 0.05) is 5.56 Å². The van der Waals surface area contributed by atoms with E-state index in [0.717, 1.165) is 28.9 Å². The summed E-state index contributed by atoms with van der Waals surface area (Å²) in [7, 11) is 0. The predicted octanol–water partition coefficient (Wildman–Crippen LogP) is 3.39. The normalized spacial score (nSPS) is 12.2. The second-order valence-electron chi connectivity index (χ2n) is 4.11. The highest BCUT2D eigenvalue weighted by Crippen LogP contribution is 2.26. The molecular formula is C14H20O2. The van der Waals surface area contributed by atoms with Gasteiger partial charge < -0.3 is 9.84 Å². The predicted molar refractivity (Wildman–Crippen MR) is 66.7 cm³/mol. The van der Waals surface area contributed by atoms with E-state index in [4.69, 9.17) is 4.74 Å². The van der Waals surface area contributed by atoms with Crippen molar-refractivity contribution in [3.05, 3.63) is 41.5 Å². The van der Waals surface area contributed by atoms with Crippen LogP contribution >= 0.6 is 0 Å². The van der Waals surface area contributed by atoms with E-state index in [2.05, 4.69) is 13.5 Å². The van der Waals surface area contributed by atoms with E-state index in [0.29, 0.717) is 6.61 Å². The number of benzene rings is 1. The third-order valence-corrected chi connectivity index (χ3v) is 2.55. The van der Waals surface area contributed by atoms with E-state index in [1.165, 1.54) is 0 Å². The molecule has 1 aromatic rings. The van der Waals surface area contributed by atoms with Crippen LogP contribution in [0.5, 0.6) is 5.75 Å². The zero-order chi connectivity index (χ0) is 12.1. The minimum Gasteiger partial charge on any atom is -0.489 e. The molecule has 1 rings (SSSR count). The highest BCUT2D eigenvalue weighted by Gasteiger charge is 2.09. The van der Waals surface area contributed by atoms with Gasteiger partial charge in [0.15, 0.2) is 0 Å². The molecule has 16 heavy (non-hydrogen) atoms. The third kappa shape index (κ3) is 3.38. The van der Waals surface area contributed by atoms with Crippen molar-refractivity contribution < 1.29 is 9.84 Å². The number of aliphatic hydroxyl groups is 1. The molecule has 1 atom stereocenters. The van der Waals surface area contributed by atoms with Crippen LogP contribution in [0.1, 0.15) is 37.5 Å². The molecule has 2 heteroatoms. The zero-order valence-corrected chi connectivity index (χ0v) is 10.3. The van der Waals surface area contributed by atoms with Crippen molar-refractivity contribution in [2.75, 3.05) is 6.61 Å². The number of rotatable bonds is 5. The fourth-order valence-corrected chi connectivity index (χ4v) is 1.41. The van der Waals surface area contributed by atoms with Gasteiger partial charge in [0.1, 0.15) is 12.4 Å². The minimum atomic E-state index is -0.509. The van der Waals surface area contributed by atoms with Gasteiger partial charge >= 0.3 is 0 Å². The maximum atomic E-state index is 9.65. The van der Waals surface area contributed by atoms with Crippen LogP contribution in [0, 0.1) is 6.92 Å². The van der Waals surface area contributed by atoms with Crippen molar-refractivity contribution in [1.29, 1.82) is 0 Å². The Labute approximate surface area is 97.6 Å². The number of aryl methyl sites for hydroxylation is 1. The van der Waals surface area contributed by atoms with Crippen LogP contribution in [-0.4, -0.2) is 11.7 Å². The fraction of sp³-hybridized carbons (Fsp3) is 0.429. The van der Waals surface area contributed by atoms with Crippen LogP contribution in [0.2, 0.25) is 0 Å². The summed E-state index contributed by atoms with van der Waals surface area (Å²) in [6, 6.07) is 5.84. The SMILES string of the molecule is C=C(CC)COc1ccc(C)cc1C(C)O. The molecule has 0 saturated carbocycles. The van der Waals surface area contributed by atoms with Gasteiger partial charge in [0.2, 0.25) is 0 Å². The lowest BCUT2D eigenvalue weighted by Crippen LogP contribution is -2.04. The average Bonchev–Trinajstić information content (AvgIpc) is 2.26. The third-order valence-electron chi connectivity index (χ3n) is 2.55. The van der Waals surface area contributed by atoms with E-state index in [9.17, 15) is 5.11 Å². The molecule has 0 heterocycles. The second-order valence-corrected chi connectivity index (χ2v) is 4.11. The maximum absolute atomic E-state index is 9.65. The first-order chi connectivity index (χ1) is 7.54. The van der Waals surface area contributed by atoms with E-state index < -0.39 is 6.10 Å². The van der Waals surface area contributed by atoms with Gasteiger partial charge in [-0.25, -0.2) is 0 Å². The molecule has 0 bridgehead atoms. The van der Waals surface area contributed by atoms with Crippen LogP contribution < -0.4 is 4.74 Å². The molecule has 0 spiro atoms. The molecule has 0 aliphatic rings. The first-order valence-electron chi connectivity index (χ1n) is 5.62. The summed E-state index contributed by atoms with van der Waals surface area (Å²) in [6.45, 7) is 10.2. The van der Waals surface area contributed by atoms with E-state index in [1.54, 1.807) is 6.92 Å². The summed E-state index contributed by atoms with van der Waals surface area (Å²) in [5.41, 5.74) is 3.01. The Bertz CT molecular complexity index is 367. The molecule has 0 fully saturated rings. The molecule has 1 aromatic carbocycles. The molecule has 0 aliphatic carbocycles. The topological polar surface area (TPSA) is 29.5 Å². The van der Waals surface area contributed by atoms with Crippen molar-refractivity contribution in [3.63, 3.8) is 0 Å². The van der Waals surface area contributed by atoms with Crippen LogP contribution in [-0.2, 0) is 0 Å². The summed E-state index contributed by atoms with van der Waals surface area (Å²) in [6.07, 6.45) is 0.403. The number of hydrogen-bond donors (Lipinski definition) is 1. The van der Waals surface area contributed by atoms with Crippen LogP contribution in [0.25, 0.3) is 0 Å². The summed E-state index contributed by atoms with van der Waals surface area (Å²) < 4.78 is 5.65. The molecule has 1 unspecified atom stereocenters. The monoisotopic (exact) mass is 220 g/mol. The second kappa shape index (κ2) is 5.71.